The van der Waals surface area contributed by atoms with Gasteiger partial charge in [-0.1, -0.05) is 48.0 Å². The maximum absolute atomic E-state index is 13.5. The van der Waals surface area contributed by atoms with Crippen molar-refractivity contribution in [2.24, 2.45) is 7.05 Å². The predicted molar refractivity (Wildman–Crippen MR) is 121 cm³/mol. The van der Waals surface area contributed by atoms with Crippen LogP contribution in [0.15, 0.2) is 77.6 Å². The van der Waals surface area contributed by atoms with Crippen LogP contribution in [-0.2, 0) is 13.2 Å². The molecule has 2 aromatic heterocycles. The van der Waals surface area contributed by atoms with Gasteiger partial charge in [0.15, 0.2) is 0 Å². The Bertz CT molecular complexity index is 1540. The molecule has 0 saturated carbocycles. The molecule has 166 valence electrons. The van der Waals surface area contributed by atoms with Crippen molar-refractivity contribution in [2.75, 3.05) is 0 Å². The van der Waals surface area contributed by atoms with Crippen molar-refractivity contribution in [1.29, 1.82) is 0 Å². The van der Waals surface area contributed by atoms with Crippen LogP contribution in [0.3, 0.4) is 0 Å². The first-order valence-corrected chi connectivity index (χ1v) is 10.3. The second-order valence-corrected chi connectivity index (χ2v) is 7.89. The Labute approximate surface area is 186 Å². The number of rotatable bonds is 3. The summed E-state index contributed by atoms with van der Waals surface area (Å²) < 4.78 is 43.6. The number of H-pyrrole nitrogens is 1. The standard InChI is InChI=1S/C25H19F3N4O/c1-15-7-6-8-16(13-15)21-22(30-23(29-21)25(26,27)28)17-11-12-19-20(14-17)31(2)24(33)32(19)18-9-4-3-5-10-18/h3-14H,1-2H3,(H,29,30). The van der Waals surface area contributed by atoms with Gasteiger partial charge in [0.25, 0.3) is 0 Å². The van der Waals surface area contributed by atoms with Crippen LogP contribution in [-0.4, -0.2) is 19.1 Å². The number of aromatic nitrogens is 4. The van der Waals surface area contributed by atoms with E-state index in [9.17, 15) is 18.0 Å². The number of aromatic amines is 1. The van der Waals surface area contributed by atoms with E-state index in [0.717, 1.165) is 5.56 Å². The van der Waals surface area contributed by atoms with Crippen molar-refractivity contribution in [3.05, 3.63) is 94.7 Å². The molecule has 5 nitrogen and oxygen atoms in total. The van der Waals surface area contributed by atoms with Gasteiger partial charge in [-0.05, 0) is 37.3 Å². The summed E-state index contributed by atoms with van der Waals surface area (Å²) in [7, 11) is 1.64. The summed E-state index contributed by atoms with van der Waals surface area (Å²) in [5, 5.41) is 0. The van der Waals surface area contributed by atoms with Crippen LogP contribution in [0.25, 0.3) is 39.2 Å². The lowest BCUT2D eigenvalue weighted by Crippen LogP contribution is -2.20. The minimum atomic E-state index is -4.62. The van der Waals surface area contributed by atoms with Gasteiger partial charge in [-0.25, -0.2) is 9.78 Å². The smallest absolute Gasteiger partial charge is 0.334 e. The molecule has 0 bridgehead atoms. The van der Waals surface area contributed by atoms with E-state index in [0.29, 0.717) is 27.8 Å². The van der Waals surface area contributed by atoms with E-state index >= 15 is 0 Å². The summed E-state index contributed by atoms with van der Waals surface area (Å²) in [6, 6.07) is 21.5. The largest absolute Gasteiger partial charge is 0.449 e. The van der Waals surface area contributed by atoms with Gasteiger partial charge in [0, 0.05) is 18.2 Å². The van der Waals surface area contributed by atoms with Crippen molar-refractivity contribution < 1.29 is 13.2 Å². The number of hydrogen-bond acceptors (Lipinski definition) is 2. The summed E-state index contributed by atoms with van der Waals surface area (Å²) in [4.78, 5) is 19.3. The zero-order chi connectivity index (χ0) is 23.3. The Balaban J connectivity index is 1.74. The van der Waals surface area contributed by atoms with Crippen molar-refractivity contribution in [3.63, 3.8) is 0 Å². The molecule has 0 fully saturated rings. The number of nitrogens with zero attached hydrogens (tertiary/aromatic N) is 3. The molecule has 0 aliphatic heterocycles. The van der Waals surface area contributed by atoms with Gasteiger partial charge < -0.3 is 4.98 Å². The van der Waals surface area contributed by atoms with Gasteiger partial charge in [-0.15, -0.1) is 0 Å². The molecular weight excluding hydrogens is 429 g/mol. The fraction of sp³-hybridized carbons (Fsp3) is 0.120. The van der Waals surface area contributed by atoms with Crippen LogP contribution < -0.4 is 5.69 Å². The van der Waals surface area contributed by atoms with Crippen LogP contribution in [0.4, 0.5) is 13.2 Å². The molecule has 33 heavy (non-hydrogen) atoms. The van der Waals surface area contributed by atoms with Crippen molar-refractivity contribution in [2.45, 2.75) is 13.1 Å². The van der Waals surface area contributed by atoms with Gasteiger partial charge in [-0.2, -0.15) is 13.2 Å². The van der Waals surface area contributed by atoms with Gasteiger partial charge in [0.2, 0.25) is 5.82 Å². The summed E-state index contributed by atoms with van der Waals surface area (Å²) in [6.45, 7) is 1.87. The summed E-state index contributed by atoms with van der Waals surface area (Å²) >= 11 is 0. The molecule has 0 spiro atoms. The monoisotopic (exact) mass is 448 g/mol. The molecule has 5 aromatic rings. The average Bonchev–Trinajstić information content (AvgIpc) is 3.35. The Morgan fingerprint density at radius 2 is 1.64 bits per heavy atom. The zero-order valence-electron chi connectivity index (χ0n) is 17.8. The van der Waals surface area contributed by atoms with Crippen LogP contribution in [0.2, 0.25) is 0 Å². The van der Waals surface area contributed by atoms with Gasteiger partial charge >= 0.3 is 11.9 Å². The molecule has 0 saturated heterocycles. The first-order valence-electron chi connectivity index (χ1n) is 10.3. The second-order valence-electron chi connectivity index (χ2n) is 7.89. The highest BCUT2D eigenvalue weighted by molar-refractivity contribution is 5.87. The normalized spacial score (nSPS) is 11.9. The van der Waals surface area contributed by atoms with Gasteiger partial charge in [0.1, 0.15) is 0 Å². The number of nitrogens with one attached hydrogen (secondary N) is 1. The lowest BCUT2D eigenvalue weighted by Gasteiger charge is -2.06. The molecule has 0 aliphatic rings. The van der Waals surface area contributed by atoms with Crippen LogP contribution >= 0.6 is 0 Å². The van der Waals surface area contributed by atoms with E-state index in [4.69, 9.17) is 0 Å². The zero-order valence-corrected chi connectivity index (χ0v) is 17.8. The fourth-order valence-electron chi connectivity index (χ4n) is 4.04. The van der Waals surface area contributed by atoms with Crippen molar-refractivity contribution in [3.8, 4) is 28.2 Å². The first kappa shape index (κ1) is 20.8. The number of hydrogen-bond donors (Lipinski definition) is 1. The van der Waals surface area contributed by atoms with E-state index in [1.807, 2.05) is 43.3 Å². The maximum Gasteiger partial charge on any atom is 0.449 e. The lowest BCUT2D eigenvalue weighted by atomic mass is 10.0. The summed E-state index contributed by atoms with van der Waals surface area (Å²) in [5.74, 6) is -1.06. The minimum Gasteiger partial charge on any atom is -0.334 e. The third-order valence-electron chi connectivity index (χ3n) is 5.62. The van der Waals surface area contributed by atoms with Gasteiger partial charge in [0.05, 0.1) is 28.1 Å². The number of alkyl halides is 3. The molecule has 0 radical (unpaired) electrons. The molecule has 1 N–H and O–H groups in total. The molecule has 0 aliphatic carbocycles. The van der Waals surface area contributed by atoms with Crippen molar-refractivity contribution >= 4 is 11.0 Å². The quantitative estimate of drug-likeness (QED) is 0.384. The summed E-state index contributed by atoms with van der Waals surface area (Å²) in [6.07, 6.45) is -4.62. The van der Waals surface area contributed by atoms with Crippen LogP contribution in [0.1, 0.15) is 11.4 Å². The van der Waals surface area contributed by atoms with Crippen LogP contribution in [0, 0.1) is 6.92 Å². The number of aryl methyl sites for hydroxylation is 2. The topological polar surface area (TPSA) is 55.6 Å². The Morgan fingerprint density at radius 3 is 2.33 bits per heavy atom. The Morgan fingerprint density at radius 1 is 0.879 bits per heavy atom. The highest BCUT2D eigenvalue weighted by Gasteiger charge is 2.36. The molecule has 2 heterocycles. The third-order valence-corrected chi connectivity index (χ3v) is 5.62. The molecule has 5 rings (SSSR count). The van der Waals surface area contributed by atoms with E-state index in [1.54, 1.807) is 48.0 Å². The third kappa shape index (κ3) is 3.53. The number of halogens is 3. The molecule has 0 atom stereocenters. The number of fused-ring (bicyclic) bond motifs is 1. The Kier molecular flexibility index (Phi) is 4.74. The first-order chi connectivity index (χ1) is 15.7. The molecule has 3 aromatic carbocycles. The van der Waals surface area contributed by atoms with Gasteiger partial charge in [-0.3, -0.25) is 9.13 Å². The summed E-state index contributed by atoms with van der Waals surface area (Å²) in [5.41, 5.74) is 4.16. The number of benzene rings is 3. The van der Waals surface area contributed by atoms with E-state index < -0.39 is 12.0 Å². The van der Waals surface area contributed by atoms with E-state index in [2.05, 4.69) is 9.97 Å². The second kappa shape index (κ2) is 7.51. The van der Waals surface area contributed by atoms with E-state index in [-0.39, 0.29) is 17.1 Å². The Hall–Kier alpha value is -4.07. The highest BCUT2D eigenvalue weighted by atomic mass is 19.4. The van der Waals surface area contributed by atoms with Crippen molar-refractivity contribution in [1.82, 2.24) is 19.1 Å². The highest BCUT2D eigenvalue weighted by Crippen LogP contribution is 2.36. The maximum atomic E-state index is 13.5. The fourth-order valence-corrected chi connectivity index (χ4v) is 4.04. The molecule has 8 heteroatoms. The molecule has 0 amide bonds. The predicted octanol–water partition coefficient (Wildman–Crippen LogP) is 5.71. The lowest BCUT2D eigenvalue weighted by molar-refractivity contribution is -0.144. The van der Waals surface area contributed by atoms with E-state index in [1.165, 1.54) is 4.57 Å². The molecular formula is C25H19F3N4O. The average molecular weight is 448 g/mol. The van der Waals surface area contributed by atoms with Crippen LogP contribution in [0.5, 0.6) is 0 Å². The SMILES string of the molecule is Cc1cccc(-c2nc(C(F)(F)F)[nH]c2-c2ccc3c(c2)n(C)c(=O)n3-c2ccccc2)c1. The number of imidazole rings is 2. The number of para-hydroxylation sites is 1. The minimum absolute atomic E-state index is 0.206. The molecule has 0 unspecified atom stereocenters.